The van der Waals surface area contributed by atoms with Crippen molar-refractivity contribution in [1.29, 1.82) is 0 Å². The predicted molar refractivity (Wildman–Crippen MR) is 126 cm³/mol. The number of aromatic amines is 1. The van der Waals surface area contributed by atoms with Gasteiger partial charge in [-0.05, 0) is 43.8 Å². The molecule has 1 heterocycles. The normalized spacial score (nSPS) is 12.1. The first kappa shape index (κ1) is 15.1. The van der Waals surface area contributed by atoms with Crippen LogP contribution in [0.4, 0.5) is 0 Å². The minimum absolute atomic E-state index is 1.19. The number of rotatable bonds is 0. The van der Waals surface area contributed by atoms with Gasteiger partial charge in [0.05, 0.1) is 5.52 Å². The van der Waals surface area contributed by atoms with Crippen LogP contribution in [-0.2, 0) is 0 Å². The zero-order valence-corrected chi connectivity index (χ0v) is 15.7. The molecule has 7 rings (SSSR count). The molecule has 0 saturated heterocycles. The molecule has 1 aromatic heterocycles. The fourth-order valence-electron chi connectivity index (χ4n) is 5.13. The Bertz CT molecular complexity index is 1720. The average molecular weight is 367 g/mol. The number of nitrogens with one attached hydrogen (secondary N) is 1. The molecule has 0 spiro atoms. The maximum absolute atomic E-state index is 3.67. The highest BCUT2D eigenvalue weighted by atomic mass is 14.7. The molecule has 1 heteroatoms. The number of H-pyrrole nitrogens is 1. The lowest BCUT2D eigenvalue weighted by atomic mass is 9.90. The van der Waals surface area contributed by atoms with E-state index in [9.17, 15) is 0 Å². The third-order valence-electron chi connectivity index (χ3n) is 6.38. The Balaban J connectivity index is 1.79. The Kier molecular flexibility index (Phi) is 2.80. The summed E-state index contributed by atoms with van der Waals surface area (Å²) in [5.41, 5.74) is 2.42. The van der Waals surface area contributed by atoms with Crippen LogP contribution < -0.4 is 0 Å². The monoisotopic (exact) mass is 367 g/mol. The molecule has 1 N–H and O–H groups in total. The second kappa shape index (κ2) is 5.36. The van der Waals surface area contributed by atoms with E-state index < -0.39 is 0 Å². The van der Waals surface area contributed by atoms with Crippen LogP contribution in [0.3, 0.4) is 0 Å². The van der Waals surface area contributed by atoms with E-state index >= 15 is 0 Å². The standard InChI is InChI=1S/C28H17N/c1-2-9-19-17(7-1)18-8-3-4-11-21(18)27-22(19)13-16-25-23(27)14-15-24-20-10-5-6-12-26(20)29-28(24)25/h1-16,29H. The van der Waals surface area contributed by atoms with Gasteiger partial charge in [0.2, 0.25) is 0 Å². The van der Waals surface area contributed by atoms with Crippen LogP contribution in [0, 0.1) is 0 Å². The van der Waals surface area contributed by atoms with E-state index in [2.05, 4.69) is 102 Å². The van der Waals surface area contributed by atoms with Gasteiger partial charge in [0.25, 0.3) is 0 Å². The highest BCUT2D eigenvalue weighted by Crippen LogP contribution is 2.41. The van der Waals surface area contributed by atoms with Gasteiger partial charge in [0.15, 0.2) is 0 Å². The summed E-state index contributed by atoms with van der Waals surface area (Å²) < 4.78 is 0. The van der Waals surface area contributed by atoms with Crippen LogP contribution in [0.25, 0.3) is 64.9 Å². The smallest absolute Gasteiger partial charge is 0.0544 e. The molecule has 0 aliphatic heterocycles. The van der Waals surface area contributed by atoms with Crippen molar-refractivity contribution in [3.63, 3.8) is 0 Å². The Morgan fingerprint density at radius 1 is 0.345 bits per heavy atom. The van der Waals surface area contributed by atoms with Crippen LogP contribution in [0.1, 0.15) is 0 Å². The molecule has 0 unspecified atom stereocenters. The summed E-state index contributed by atoms with van der Waals surface area (Å²) in [5.74, 6) is 0. The van der Waals surface area contributed by atoms with Crippen LogP contribution in [0.15, 0.2) is 97.1 Å². The Labute approximate surface area is 167 Å². The number of fused-ring (bicyclic) bond motifs is 12. The number of aromatic nitrogens is 1. The lowest BCUT2D eigenvalue weighted by Crippen LogP contribution is -1.85. The van der Waals surface area contributed by atoms with E-state index in [1.807, 2.05) is 0 Å². The first-order valence-electron chi connectivity index (χ1n) is 10.1. The maximum Gasteiger partial charge on any atom is 0.0544 e. The van der Waals surface area contributed by atoms with Gasteiger partial charge in [-0.1, -0.05) is 91.0 Å². The third-order valence-corrected chi connectivity index (χ3v) is 6.38. The van der Waals surface area contributed by atoms with E-state index in [1.54, 1.807) is 0 Å². The first-order valence-corrected chi connectivity index (χ1v) is 10.1. The molecule has 0 aliphatic rings. The SMILES string of the molecule is c1ccc2c(c1)[nH]c1c2ccc2c1ccc1c3ccccc3c3ccccc3c12. The van der Waals surface area contributed by atoms with E-state index in [4.69, 9.17) is 0 Å². The molecule has 134 valence electrons. The van der Waals surface area contributed by atoms with Gasteiger partial charge in [-0.25, -0.2) is 0 Å². The zero-order valence-electron chi connectivity index (χ0n) is 15.7. The highest BCUT2D eigenvalue weighted by Gasteiger charge is 2.13. The Hall–Kier alpha value is -3.84. The van der Waals surface area contributed by atoms with Crippen LogP contribution >= 0.6 is 0 Å². The minimum Gasteiger partial charge on any atom is -0.354 e. The quantitative estimate of drug-likeness (QED) is 0.262. The van der Waals surface area contributed by atoms with Gasteiger partial charge in [0, 0.05) is 21.7 Å². The average Bonchev–Trinajstić information content (AvgIpc) is 3.18. The van der Waals surface area contributed by atoms with Gasteiger partial charge >= 0.3 is 0 Å². The van der Waals surface area contributed by atoms with Crippen molar-refractivity contribution in [1.82, 2.24) is 4.98 Å². The summed E-state index contributed by atoms with van der Waals surface area (Å²) in [6.45, 7) is 0. The van der Waals surface area contributed by atoms with E-state index in [0.717, 1.165) is 0 Å². The molecule has 29 heavy (non-hydrogen) atoms. The van der Waals surface area contributed by atoms with Crippen LogP contribution in [0.2, 0.25) is 0 Å². The number of benzene rings is 6. The molecule has 7 aromatic rings. The molecule has 0 bridgehead atoms. The maximum atomic E-state index is 3.67. The van der Waals surface area contributed by atoms with Gasteiger partial charge in [-0.2, -0.15) is 0 Å². The molecule has 0 radical (unpaired) electrons. The summed E-state index contributed by atoms with van der Waals surface area (Å²) in [6, 6.07) is 35.3. The predicted octanol–water partition coefficient (Wildman–Crippen LogP) is 7.93. The largest absolute Gasteiger partial charge is 0.354 e. The lowest BCUT2D eigenvalue weighted by molar-refractivity contribution is 1.56. The Morgan fingerprint density at radius 2 is 0.759 bits per heavy atom. The number of hydrogen-bond donors (Lipinski definition) is 1. The summed E-state index contributed by atoms with van der Waals surface area (Å²) in [4.78, 5) is 3.67. The van der Waals surface area contributed by atoms with Crippen molar-refractivity contribution >= 4 is 64.9 Å². The van der Waals surface area contributed by atoms with Crippen molar-refractivity contribution in [2.24, 2.45) is 0 Å². The van der Waals surface area contributed by atoms with Crippen LogP contribution in [0.5, 0.6) is 0 Å². The summed E-state index contributed by atoms with van der Waals surface area (Å²) in [6.07, 6.45) is 0. The van der Waals surface area contributed by atoms with Crippen molar-refractivity contribution in [2.75, 3.05) is 0 Å². The zero-order chi connectivity index (χ0) is 18.9. The minimum atomic E-state index is 1.19. The molecular weight excluding hydrogens is 350 g/mol. The van der Waals surface area contributed by atoms with Gasteiger partial charge < -0.3 is 4.98 Å². The van der Waals surface area contributed by atoms with Crippen LogP contribution in [-0.4, -0.2) is 4.98 Å². The van der Waals surface area contributed by atoms with Gasteiger partial charge in [0.1, 0.15) is 0 Å². The summed E-state index contributed by atoms with van der Waals surface area (Å²) >= 11 is 0. The van der Waals surface area contributed by atoms with E-state index in [1.165, 1.54) is 64.9 Å². The third kappa shape index (κ3) is 1.89. The molecule has 0 aliphatic carbocycles. The molecule has 0 fully saturated rings. The molecule has 0 atom stereocenters. The van der Waals surface area contributed by atoms with E-state index in [-0.39, 0.29) is 0 Å². The molecular formula is C28H17N. The summed E-state index contributed by atoms with van der Waals surface area (Å²) in [7, 11) is 0. The molecule has 0 amide bonds. The van der Waals surface area contributed by atoms with Crippen molar-refractivity contribution in [3.8, 4) is 0 Å². The van der Waals surface area contributed by atoms with Gasteiger partial charge in [-0.15, -0.1) is 0 Å². The van der Waals surface area contributed by atoms with Crippen molar-refractivity contribution < 1.29 is 0 Å². The topological polar surface area (TPSA) is 15.8 Å². The second-order valence-electron chi connectivity index (χ2n) is 7.83. The molecule has 0 saturated carbocycles. The van der Waals surface area contributed by atoms with Gasteiger partial charge in [-0.3, -0.25) is 0 Å². The Morgan fingerprint density at radius 3 is 1.45 bits per heavy atom. The van der Waals surface area contributed by atoms with Crippen molar-refractivity contribution in [3.05, 3.63) is 97.1 Å². The molecule has 1 nitrogen and oxygen atoms in total. The van der Waals surface area contributed by atoms with Crippen molar-refractivity contribution in [2.45, 2.75) is 0 Å². The lowest BCUT2D eigenvalue weighted by Gasteiger charge is -2.13. The fourth-order valence-corrected chi connectivity index (χ4v) is 5.13. The van der Waals surface area contributed by atoms with E-state index in [0.29, 0.717) is 0 Å². The highest BCUT2D eigenvalue weighted by molar-refractivity contribution is 6.33. The second-order valence-corrected chi connectivity index (χ2v) is 7.83. The number of para-hydroxylation sites is 1. The summed E-state index contributed by atoms with van der Waals surface area (Å²) in [5, 5.41) is 13.1. The first-order chi connectivity index (χ1) is 14.4. The number of hydrogen-bond acceptors (Lipinski definition) is 0. The fraction of sp³-hybridized carbons (Fsp3) is 0. The molecule has 6 aromatic carbocycles.